The van der Waals surface area contributed by atoms with E-state index in [9.17, 15) is 9.59 Å². The van der Waals surface area contributed by atoms with Crippen molar-refractivity contribution >= 4 is 11.9 Å². The lowest BCUT2D eigenvalue weighted by molar-refractivity contribution is -0.163. The molecule has 70 heavy (non-hydrogen) atoms. The Bertz CT molecular complexity index is 1070. The Morgan fingerprint density at radius 2 is 0.557 bits per heavy atom. The molecule has 0 amide bonds. The summed E-state index contributed by atoms with van der Waals surface area (Å²) >= 11 is 0. The molecule has 0 saturated heterocycles. The van der Waals surface area contributed by atoms with Crippen molar-refractivity contribution in [2.45, 2.75) is 361 Å². The van der Waals surface area contributed by atoms with E-state index in [4.69, 9.17) is 14.2 Å². The lowest BCUT2D eigenvalue weighted by Gasteiger charge is -2.18. The molecule has 0 aliphatic rings. The van der Waals surface area contributed by atoms with E-state index in [1.165, 1.54) is 283 Å². The fraction of sp³-hybridized carbons (Fsp3) is 0.908. The molecular formula is C65H124O5. The number of unbranched alkanes of at least 4 members (excludes halogenated alkanes) is 45. The van der Waals surface area contributed by atoms with Gasteiger partial charge < -0.3 is 14.2 Å². The first-order valence-electron chi connectivity index (χ1n) is 31.9. The van der Waals surface area contributed by atoms with E-state index >= 15 is 0 Å². The molecule has 0 heterocycles. The summed E-state index contributed by atoms with van der Waals surface area (Å²) in [5.74, 6) is -0.377. The molecule has 0 fully saturated rings. The van der Waals surface area contributed by atoms with Crippen LogP contribution in [0.1, 0.15) is 355 Å². The predicted molar refractivity (Wildman–Crippen MR) is 307 cm³/mol. The quantitative estimate of drug-likeness (QED) is 0.0345. The molecule has 0 aromatic rings. The van der Waals surface area contributed by atoms with Crippen molar-refractivity contribution in [2.75, 3.05) is 19.8 Å². The third-order valence-corrected chi connectivity index (χ3v) is 14.5. The minimum absolute atomic E-state index is 0.0901. The summed E-state index contributed by atoms with van der Waals surface area (Å²) in [6.45, 7) is 7.89. The minimum Gasteiger partial charge on any atom is -0.462 e. The van der Waals surface area contributed by atoms with E-state index in [0.717, 1.165) is 38.5 Å². The fourth-order valence-corrected chi connectivity index (χ4v) is 9.68. The van der Waals surface area contributed by atoms with Crippen LogP contribution in [0.2, 0.25) is 0 Å². The first kappa shape index (κ1) is 68.4. The smallest absolute Gasteiger partial charge is 0.306 e. The van der Waals surface area contributed by atoms with Crippen LogP contribution in [-0.2, 0) is 23.8 Å². The summed E-state index contributed by atoms with van der Waals surface area (Å²) < 4.78 is 17.6. The van der Waals surface area contributed by atoms with Crippen LogP contribution in [0.15, 0.2) is 24.3 Å². The molecule has 5 heteroatoms. The number of carbonyl (C=O) groups excluding carboxylic acids is 2. The van der Waals surface area contributed by atoms with E-state index in [-0.39, 0.29) is 18.5 Å². The molecular weight excluding hydrogens is 861 g/mol. The van der Waals surface area contributed by atoms with Gasteiger partial charge in [0.25, 0.3) is 0 Å². The fourth-order valence-electron chi connectivity index (χ4n) is 9.68. The molecule has 5 nitrogen and oxygen atoms in total. The minimum atomic E-state index is -0.535. The third kappa shape index (κ3) is 58.9. The molecule has 0 aliphatic carbocycles. The first-order chi connectivity index (χ1) is 34.6. The molecule has 414 valence electrons. The number of carbonyl (C=O) groups is 2. The molecule has 0 radical (unpaired) electrons. The predicted octanol–water partition coefficient (Wildman–Crippen LogP) is 21.9. The third-order valence-electron chi connectivity index (χ3n) is 14.5. The number of esters is 2. The molecule has 0 rings (SSSR count). The van der Waals surface area contributed by atoms with Crippen LogP contribution in [0.5, 0.6) is 0 Å². The summed E-state index contributed by atoms with van der Waals surface area (Å²) in [5.41, 5.74) is 0. The van der Waals surface area contributed by atoms with Crippen molar-refractivity contribution in [1.29, 1.82) is 0 Å². The van der Waals surface area contributed by atoms with Gasteiger partial charge in [-0.25, -0.2) is 0 Å². The Morgan fingerprint density at radius 1 is 0.300 bits per heavy atom. The van der Waals surface area contributed by atoms with Gasteiger partial charge in [-0.15, -0.1) is 0 Å². The average Bonchev–Trinajstić information content (AvgIpc) is 3.36. The van der Waals surface area contributed by atoms with Gasteiger partial charge in [-0.2, -0.15) is 0 Å². The van der Waals surface area contributed by atoms with E-state index in [0.29, 0.717) is 26.1 Å². The Kier molecular flexibility index (Phi) is 60.3. The average molecular weight is 986 g/mol. The van der Waals surface area contributed by atoms with Crippen LogP contribution in [0.25, 0.3) is 0 Å². The Labute approximate surface area is 438 Å². The molecule has 0 aromatic heterocycles. The highest BCUT2D eigenvalue weighted by molar-refractivity contribution is 5.70. The van der Waals surface area contributed by atoms with Gasteiger partial charge >= 0.3 is 11.9 Å². The zero-order valence-electron chi connectivity index (χ0n) is 47.8. The van der Waals surface area contributed by atoms with Crippen LogP contribution in [0.3, 0.4) is 0 Å². The summed E-state index contributed by atoms with van der Waals surface area (Å²) in [5, 5.41) is 0. The second kappa shape index (κ2) is 61.7. The molecule has 0 spiro atoms. The van der Waals surface area contributed by atoms with Gasteiger partial charge in [0, 0.05) is 19.4 Å². The Balaban J connectivity index is 4.22. The van der Waals surface area contributed by atoms with Gasteiger partial charge in [-0.1, -0.05) is 295 Å². The van der Waals surface area contributed by atoms with Gasteiger partial charge in [0.05, 0.1) is 6.61 Å². The molecule has 0 bridgehead atoms. The van der Waals surface area contributed by atoms with E-state index < -0.39 is 6.10 Å². The lowest BCUT2D eigenvalue weighted by atomic mass is 10.0. The maximum atomic E-state index is 12.9. The van der Waals surface area contributed by atoms with Crippen molar-refractivity contribution in [3.8, 4) is 0 Å². The largest absolute Gasteiger partial charge is 0.462 e. The van der Waals surface area contributed by atoms with Crippen molar-refractivity contribution in [3.05, 3.63) is 24.3 Å². The maximum Gasteiger partial charge on any atom is 0.306 e. The van der Waals surface area contributed by atoms with Crippen LogP contribution in [0.4, 0.5) is 0 Å². The number of hydrogen-bond acceptors (Lipinski definition) is 5. The van der Waals surface area contributed by atoms with E-state index in [2.05, 4.69) is 45.1 Å². The number of allylic oxidation sites excluding steroid dienone is 4. The zero-order valence-corrected chi connectivity index (χ0v) is 47.8. The van der Waals surface area contributed by atoms with E-state index in [1.54, 1.807) is 0 Å². The summed E-state index contributed by atoms with van der Waals surface area (Å²) in [6, 6.07) is 0. The van der Waals surface area contributed by atoms with Gasteiger partial charge in [-0.3, -0.25) is 9.59 Å². The molecule has 0 aromatic carbocycles. The van der Waals surface area contributed by atoms with Crippen molar-refractivity contribution < 1.29 is 23.8 Å². The highest BCUT2D eigenvalue weighted by atomic mass is 16.6. The van der Waals surface area contributed by atoms with Gasteiger partial charge in [0.15, 0.2) is 6.10 Å². The molecule has 1 unspecified atom stereocenters. The van der Waals surface area contributed by atoms with Crippen molar-refractivity contribution in [2.24, 2.45) is 0 Å². The standard InChI is InChI=1S/C65H124O5/c1-4-7-10-13-16-19-22-25-28-31-33-35-37-40-43-46-49-52-55-58-64(66)69-62-63(61-68-60-57-54-51-48-45-42-39-36-32-29-26-23-20-17-14-11-8-5-2)70-65(67)59-56-53-50-47-44-41-38-34-30-27-24-21-18-15-12-9-6-3/h26-27,29-30,63H,4-25,28,31-62H2,1-3H3/b29-26-,30-27-. The zero-order chi connectivity index (χ0) is 50.6. The highest BCUT2D eigenvalue weighted by Gasteiger charge is 2.18. The monoisotopic (exact) mass is 985 g/mol. The summed E-state index contributed by atoms with van der Waals surface area (Å²) in [4.78, 5) is 25.6. The van der Waals surface area contributed by atoms with Crippen LogP contribution < -0.4 is 0 Å². The van der Waals surface area contributed by atoms with Crippen molar-refractivity contribution in [1.82, 2.24) is 0 Å². The maximum absolute atomic E-state index is 12.9. The normalized spacial score (nSPS) is 12.2. The molecule has 1 atom stereocenters. The highest BCUT2D eigenvalue weighted by Crippen LogP contribution is 2.17. The lowest BCUT2D eigenvalue weighted by Crippen LogP contribution is -2.30. The molecule has 0 N–H and O–H groups in total. The Morgan fingerprint density at radius 3 is 0.871 bits per heavy atom. The van der Waals surface area contributed by atoms with Gasteiger partial charge in [0.2, 0.25) is 0 Å². The molecule has 0 saturated carbocycles. The SMILES string of the molecule is CCCCCCCC/C=C\CCCCCCCCCCOCC(COC(=O)CCCCCCCCCCCCCCCCCCCCC)OC(=O)CCCCCCCCC/C=C\CCCCCCCC. The Hall–Kier alpha value is -1.62. The number of rotatable bonds is 60. The van der Waals surface area contributed by atoms with Crippen LogP contribution in [-0.4, -0.2) is 37.9 Å². The molecule has 0 aliphatic heterocycles. The number of ether oxygens (including phenoxy) is 3. The first-order valence-corrected chi connectivity index (χ1v) is 31.9. The van der Waals surface area contributed by atoms with E-state index in [1.807, 2.05) is 0 Å². The topological polar surface area (TPSA) is 61.8 Å². The van der Waals surface area contributed by atoms with Crippen molar-refractivity contribution in [3.63, 3.8) is 0 Å². The van der Waals surface area contributed by atoms with Crippen LogP contribution >= 0.6 is 0 Å². The second-order valence-corrected chi connectivity index (χ2v) is 21.7. The number of hydrogen-bond donors (Lipinski definition) is 0. The summed E-state index contributed by atoms with van der Waals surface area (Å²) in [6.07, 6.45) is 75.0. The summed E-state index contributed by atoms with van der Waals surface area (Å²) in [7, 11) is 0. The van der Waals surface area contributed by atoms with Gasteiger partial charge in [-0.05, 0) is 70.6 Å². The second-order valence-electron chi connectivity index (χ2n) is 21.7. The van der Waals surface area contributed by atoms with Crippen LogP contribution in [0, 0.1) is 0 Å². The van der Waals surface area contributed by atoms with Gasteiger partial charge in [0.1, 0.15) is 6.61 Å².